The maximum absolute atomic E-state index is 12.9. The van der Waals surface area contributed by atoms with Crippen molar-refractivity contribution in [2.75, 3.05) is 19.0 Å². The first kappa shape index (κ1) is 24.3. The number of amides is 2. The van der Waals surface area contributed by atoms with Gasteiger partial charge in [-0.3, -0.25) is 19.7 Å². The minimum atomic E-state index is -1.13. The third-order valence-electron chi connectivity index (χ3n) is 5.51. The number of carbonyl (C=O) groups excluding carboxylic acids is 2. The number of ether oxygens (including phenoxy) is 6. The summed E-state index contributed by atoms with van der Waals surface area (Å²) in [6, 6.07) is 4.00. The van der Waals surface area contributed by atoms with E-state index in [1.165, 1.54) is 25.3 Å². The topological polar surface area (TPSA) is 157 Å². The first-order chi connectivity index (χ1) is 15.9. The molecule has 3 fully saturated rings. The highest BCUT2D eigenvalue weighted by atomic mass is 16.9. The van der Waals surface area contributed by atoms with Crippen LogP contribution in [-0.2, 0) is 33.3 Å². The monoisotopic (exact) mass is 481 g/mol. The summed E-state index contributed by atoms with van der Waals surface area (Å²) >= 11 is 0. The molecule has 3 aliphatic heterocycles. The van der Waals surface area contributed by atoms with Gasteiger partial charge in [-0.1, -0.05) is 0 Å². The van der Waals surface area contributed by atoms with Gasteiger partial charge in [0.1, 0.15) is 29.7 Å². The number of carbonyl (C=O) groups is 2. The van der Waals surface area contributed by atoms with Crippen molar-refractivity contribution in [3.8, 4) is 5.75 Å². The molecule has 0 saturated carbocycles. The molecule has 4 rings (SSSR count). The predicted molar refractivity (Wildman–Crippen MR) is 114 cm³/mol. The molecular formula is C21H27N3O10. The normalized spacial score (nSPS) is 30.7. The van der Waals surface area contributed by atoms with Crippen molar-refractivity contribution in [2.24, 2.45) is 0 Å². The molecule has 1 aromatic carbocycles. The van der Waals surface area contributed by atoms with E-state index in [2.05, 4.69) is 10.6 Å². The lowest BCUT2D eigenvalue weighted by molar-refractivity contribution is -0.384. The zero-order valence-electron chi connectivity index (χ0n) is 19.4. The predicted octanol–water partition coefficient (Wildman–Crippen LogP) is 1.05. The summed E-state index contributed by atoms with van der Waals surface area (Å²) in [7, 11) is 1.37. The molecule has 34 heavy (non-hydrogen) atoms. The summed E-state index contributed by atoms with van der Waals surface area (Å²) in [5, 5.41) is 16.2. The Morgan fingerprint density at radius 1 is 1.06 bits per heavy atom. The van der Waals surface area contributed by atoms with Gasteiger partial charge in [0.15, 0.2) is 24.0 Å². The van der Waals surface area contributed by atoms with E-state index in [1.54, 1.807) is 27.7 Å². The fourth-order valence-electron chi connectivity index (χ4n) is 4.18. The zero-order valence-corrected chi connectivity index (χ0v) is 19.4. The number of nitrogens with zero attached hydrogens (tertiary/aromatic N) is 1. The molecule has 0 aliphatic carbocycles. The van der Waals surface area contributed by atoms with E-state index in [9.17, 15) is 19.7 Å². The highest BCUT2D eigenvalue weighted by Gasteiger charge is 2.62. The van der Waals surface area contributed by atoms with Crippen molar-refractivity contribution in [2.45, 2.75) is 70.0 Å². The summed E-state index contributed by atoms with van der Waals surface area (Å²) < 4.78 is 34.3. The summed E-state index contributed by atoms with van der Waals surface area (Å²) in [5.74, 6) is -2.94. The quantitative estimate of drug-likeness (QED) is 0.445. The van der Waals surface area contributed by atoms with E-state index in [1.807, 2.05) is 0 Å². The van der Waals surface area contributed by atoms with E-state index >= 15 is 0 Å². The van der Waals surface area contributed by atoms with Crippen molar-refractivity contribution in [3.05, 3.63) is 28.3 Å². The van der Waals surface area contributed by atoms with Crippen LogP contribution in [0.4, 0.5) is 11.4 Å². The van der Waals surface area contributed by atoms with E-state index in [0.717, 1.165) is 0 Å². The van der Waals surface area contributed by atoms with Crippen LogP contribution < -0.4 is 15.4 Å². The summed E-state index contributed by atoms with van der Waals surface area (Å²) in [5.41, 5.74) is -0.377. The van der Waals surface area contributed by atoms with E-state index in [-0.39, 0.29) is 17.1 Å². The molecule has 0 aromatic heterocycles. The molecule has 2 amide bonds. The SMILES string of the molecule is COc1ccc(NC(=O)CNC(=O)[C@@H]2O[C@@H]3OC(C)(C)O[C@@H]3[C@H]3OC(C)(C)O[C@H]32)c([N+](=O)[O-])c1. The Kier molecular flexibility index (Phi) is 6.25. The molecule has 3 heterocycles. The third kappa shape index (κ3) is 4.83. The number of hydrogen-bond acceptors (Lipinski definition) is 10. The number of methoxy groups -OCH3 is 1. The molecule has 0 spiro atoms. The minimum absolute atomic E-state index is 0.0325. The molecule has 13 heteroatoms. The third-order valence-corrected chi connectivity index (χ3v) is 5.51. The average Bonchev–Trinajstić information content (AvgIpc) is 3.25. The Morgan fingerprint density at radius 3 is 2.38 bits per heavy atom. The number of nitro benzene ring substituents is 1. The van der Waals surface area contributed by atoms with Gasteiger partial charge in [0, 0.05) is 0 Å². The Labute approximate surface area is 195 Å². The van der Waals surface area contributed by atoms with Crippen molar-refractivity contribution in [3.63, 3.8) is 0 Å². The first-order valence-electron chi connectivity index (χ1n) is 10.7. The van der Waals surface area contributed by atoms with Gasteiger partial charge in [0.05, 0.1) is 24.6 Å². The molecule has 13 nitrogen and oxygen atoms in total. The van der Waals surface area contributed by atoms with Gasteiger partial charge in [-0.25, -0.2) is 0 Å². The molecule has 0 unspecified atom stereocenters. The van der Waals surface area contributed by atoms with E-state index < -0.39 is 65.6 Å². The van der Waals surface area contributed by atoms with Crippen molar-refractivity contribution in [1.29, 1.82) is 0 Å². The van der Waals surface area contributed by atoms with Gasteiger partial charge in [-0.05, 0) is 39.8 Å². The molecule has 186 valence electrons. The van der Waals surface area contributed by atoms with Crippen LogP contribution in [0.5, 0.6) is 5.75 Å². The van der Waals surface area contributed by atoms with Crippen LogP contribution in [0.3, 0.4) is 0 Å². The lowest BCUT2D eigenvalue weighted by atomic mass is 9.98. The lowest BCUT2D eigenvalue weighted by Crippen LogP contribution is -2.59. The molecule has 0 bridgehead atoms. The first-order valence-corrected chi connectivity index (χ1v) is 10.7. The van der Waals surface area contributed by atoms with Gasteiger partial charge >= 0.3 is 0 Å². The Morgan fingerprint density at radius 2 is 1.71 bits per heavy atom. The summed E-state index contributed by atoms with van der Waals surface area (Å²) in [4.78, 5) is 36.0. The second-order valence-corrected chi connectivity index (χ2v) is 9.00. The number of rotatable bonds is 6. The maximum Gasteiger partial charge on any atom is 0.296 e. The van der Waals surface area contributed by atoms with Crippen molar-refractivity contribution < 1.29 is 42.9 Å². The largest absolute Gasteiger partial charge is 0.496 e. The van der Waals surface area contributed by atoms with Gasteiger partial charge in [0.2, 0.25) is 5.91 Å². The number of benzene rings is 1. The molecule has 3 aliphatic rings. The Hall–Kier alpha value is -2.84. The van der Waals surface area contributed by atoms with Crippen molar-refractivity contribution >= 4 is 23.2 Å². The van der Waals surface area contributed by atoms with E-state index in [4.69, 9.17) is 28.4 Å². The second kappa shape index (κ2) is 8.74. The number of nitrogens with one attached hydrogen (secondary N) is 2. The zero-order chi connectivity index (χ0) is 24.8. The minimum Gasteiger partial charge on any atom is -0.496 e. The van der Waals surface area contributed by atoms with E-state index in [0.29, 0.717) is 0 Å². The molecule has 1 aromatic rings. The fourth-order valence-corrected chi connectivity index (χ4v) is 4.18. The Balaban J connectivity index is 1.42. The van der Waals surface area contributed by atoms with Gasteiger partial charge in [-0.2, -0.15) is 0 Å². The van der Waals surface area contributed by atoms with Crippen LogP contribution in [0, 0.1) is 10.1 Å². The molecule has 3 saturated heterocycles. The molecule has 5 atom stereocenters. The Bertz CT molecular complexity index is 997. The summed E-state index contributed by atoms with van der Waals surface area (Å²) in [6.45, 7) is 6.42. The van der Waals surface area contributed by atoms with Crippen LogP contribution in [0.15, 0.2) is 18.2 Å². The van der Waals surface area contributed by atoms with Crippen LogP contribution in [0.2, 0.25) is 0 Å². The number of hydrogen-bond donors (Lipinski definition) is 2. The maximum atomic E-state index is 12.9. The second-order valence-electron chi connectivity index (χ2n) is 9.00. The van der Waals surface area contributed by atoms with Crippen LogP contribution in [0.1, 0.15) is 27.7 Å². The fraction of sp³-hybridized carbons (Fsp3) is 0.619. The lowest BCUT2D eigenvalue weighted by Gasteiger charge is -2.36. The molecular weight excluding hydrogens is 454 g/mol. The van der Waals surface area contributed by atoms with Crippen LogP contribution in [0.25, 0.3) is 0 Å². The van der Waals surface area contributed by atoms with Gasteiger partial charge in [0.25, 0.3) is 11.6 Å². The number of anilines is 1. The van der Waals surface area contributed by atoms with Crippen LogP contribution >= 0.6 is 0 Å². The number of nitro groups is 1. The molecule has 2 N–H and O–H groups in total. The average molecular weight is 481 g/mol. The highest BCUT2D eigenvalue weighted by Crippen LogP contribution is 2.44. The number of fused-ring (bicyclic) bond motifs is 3. The highest BCUT2D eigenvalue weighted by molar-refractivity contribution is 5.97. The smallest absolute Gasteiger partial charge is 0.296 e. The van der Waals surface area contributed by atoms with Crippen molar-refractivity contribution in [1.82, 2.24) is 5.32 Å². The van der Waals surface area contributed by atoms with Gasteiger partial charge < -0.3 is 39.1 Å². The van der Waals surface area contributed by atoms with Gasteiger partial charge in [-0.15, -0.1) is 0 Å². The van der Waals surface area contributed by atoms with Crippen LogP contribution in [-0.4, -0.2) is 72.7 Å². The standard InChI is InChI=1S/C21H27N3O10/c1-20(2)31-14-15(32-20)17-19(34-21(3,4)33-17)30-16(14)18(26)22-9-13(25)23-11-7-6-10(29-5)8-12(11)24(27)28/h6-8,14-17,19H,9H2,1-5H3,(H,22,26)(H,23,25)/t14-,15+,16-,17-,19-/m1/s1. The molecule has 0 radical (unpaired) electrons. The summed E-state index contributed by atoms with van der Waals surface area (Å²) in [6.07, 6.45) is -4.00.